The first-order chi connectivity index (χ1) is 25.6. The maximum Gasteiger partial charge on any atom is 0.326 e. The van der Waals surface area contributed by atoms with Gasteiger partial charge in [0, 0.05) is 6.42 Å². The Morgan fingerprint density at radius 2 is 1.06 bits per heavy atom. The Morgan fingerprint density at radius 1 is 0.593 bits per heavy atom. The molecule has 18 nitrogen and oxygen atoms in total. The Labute approximate surface area is 313 Å². The number of hydrogen-bond donors (Lipinski definition) is 11. The number of hydrogen-bond acceptors (Lipinski definition) is 11. The number of phenols is 1. The van der Waals surface area contributed by atoms with Crippen LogP contribution in [0.5, 0.6) is 5.75 Å². The fourth-order valence-electron chi connectivity index (χ4n) is 5.02. The lowest BCUT2D eigenvalue weighted by Crippen LogP contribution is -2.59. The average molecular weight is 757 g/mol. The molecule has 6 amide bonds. The SMILES string of the molecule is C[C@H](NC(=O)[C@H](C)NC(=O)[C@@H](N)Cc1ccc(O)cc1)C(=O)N[C@@H](C)C(=O)N[C@@H](CO)C(=O)N[C@@H](Cc1ccccc1)C(=O)N[C@@H](CCCCN)C(=O)O. The summed E-state index contributed by atoms with van der Waals surface area (Å²) in [5.74, 6) is -5.94. The van der Waals surface area contributed by atoms with Crippen LogP contribution in [0.1, 0.15) is 51.2 Å². The van der Waals surface area contributed by atoms with Gasteiger partial charge in [0.15, 0.2) is 0 Å². The van der Waals surface area contributed by atoms with E-state index >= 15 is 0 Å². The topological polar surface area (TPSA) is 304 Å². The number of phenolic OH excluding ortho intramolecular Hbond substituents is 1. The molecule has 0 bridgehead atoms. The fourth-order valence-corrected chi connectivity index (χ4v) is 5.02. The number of amides is 6. The number of aliphatic hydroxyl groups is 1. The number of unbranched alkanes of at least 4 members (excludes halogenated alkanes) is 1. The van der Waals surface area contributed by atoms with Gasteiger partial charge in [0.1, 0.15) is 42.0 Å². The first kappa shape index (κ1) is 44.6. The minimum absolute atomic E-state index is 0.0371. The predicted octanol–water partition coefficient (Wildman–Crippen LogP) is -2.32. The zero-order valence-electron chi connectivity index (χ0n) is 30.5. The highest BCUT2D eigenvalue weighted by Crippen LogP contribution is 2.11. The first-order valence-corrected chi connectivity index (χ1v) is 17.5. The smallest absolute Gasteiger partial charge is 0.326 e. The van der Waals surface area contributed by atoms with Gasteiger partial charge in [-0.1, -0.05) is 42.5 Å². The Hall–Kier alpha value is -5.59. The van der Waals surface area contributed by atoms with Crippen LogP contribution in [0.25, 0.3) is 0 Å². The molecule has 0 fully saturated rings. The molecule has 13 N–H and O–H groups in total. The van der Waals surface area contributed by atoms with Crippen LogP contribution in [0.4, 0.5) is 0 Å². The summed E-state index contributed by atoms with van der Waals surface area (Å²) in [6.45, 7) is 3.50. The van der Waals surface area contributed by atoms with Crippen LogP contribution in [-0.4, -0.2) is 112 Å². The van der Waals surface area contributed by atoms with Crippen molar-refractivity contribution in [1.29, 1.82) is 0 Å². The van der Waals surface area contributed by atoms with Crippen LogP contribution in [-0.2, 0) is 46.4 Å². The number of carboxylic acid groups (broad SMARTS) is 1. The second-order valence-electron chi connectivity index (χ2n) is 12.8. The Bertz CT molecular complexity index is 1580. The molecule has 296 valence electrons. The summed E-state index contributed by atoms with van der Waals surface area (Å²) in [6.07, 6.45) is 1.21. The molecule has 2 aromatic rings. The standard InChI is InChI=1S/C36H52N8O10/c1-20(39-31(48)21(2)41-33(50)26(38)17-24-12-14-25(46)15-13-24)30(47)40-22(3)32(49)44-29(19-45)35(52)43-28(18-23-9-5-4-6-10-23)34(51)42-27(36(53)54)11-7-8-16-37/h4-6,9-10,12-15,20-22,26-29,45-46H,7-8,11,16-19,37-38H2,1-3H3,(H,39,48)(H,40,47)(H,41,50)(H,42,51)(H,43,52)(H,44,49)(H,53,54)/t20-,21-,22-,26-,27-,28-,29-/m0/s1. The molecule has 18 heteroatoms. The lowest BCUT2D eigenvalue weighted by molar-refractivity contribution is -0.142. The summed E-state index contributed by atoms with van der Waals surface area (Å²) in [5.41, 5.74) is 12.8. The minimum atomic E-state index is -1.57. The number of aliphatic hydroxyl groups excluding tert-OH is 1. The zero-order chi connectivity index (χ0) is 40.4. The third-order valence-corrected chi connectivity index (χ3v) is 8.28. The van der Waals surface area contributed by atoms with E-state index in [2.05, 4.69) is 31.9 Å². The van der Waals surface area contributed by atoms with Crippen molar-refractivity contribution in [3.63, 3.8) is 0 Å². The number of carboxylic acids is 1. The molecule has 0 saturated heterocycles. The van der Waals surface area contributed by atoms with Crippen molar-refractivity contribution in [3.05, 3.63) is 65.7 Å². The van der Waals surface area contributed by atoms with E-state index in [0.717, 1.165) is 0 Å². The molecule has 2 rings (SSSR count). The molecule has 0 aliphatic rings. The van der Waals surface area contributed by atoms with Gasteiger partial charge >= 0.3 is 5.97 Å². The van der Waals surface area contributed by atoms with E-state index in [0.29, 0.717) is 30.5 Å². The largest absolute Gasteiger partial charge is 0.508 e. The highest BCUT2D eigenvalue weighted by Gasteiger charge is 2.31. The van der Waals surface area contributed by atoms with E-state index in [1.165, 1.54) is 32.9 Å². The van der Waals surface area contributed by atoms with Gasteiger partial charge < -0.3 is 58.7 Å². The molecule has 54 heavy (non-hydrogen) atoms. The number of nitrogens with one attached hydrogen (secondary N) is 6. The van der Waals surface area contributed by atoms with E-state index in [9.17, 15) is 48.9 Å². The van der Waals surface area contributed by atoms with Gasteiger partial charge in [-0.05, 0) is 76.3 Å². The minimum Gasteiger partial charge on any atom is -0.508 e. The molecule has 0 saturated carbocycles. The van der Waals surface area contributed by atoms with Crippen molar-refractivity contribution in [3.8, 4) is 5.75 Å². The molecule has 0 aliphatic carbocycles. The van der Waals surface area contributed by atoms with Gasteiger partial charge in [-0.3, -0.25) is 28.8 Å². The number of carbonyl (C=O) groups excluding carboxylic acids is 6. The van der Waals surface area contributed by atoms with Gasteiger partial charge in [0.25, 0.3) is 0 Å². The van der Waals surface area contributed by atoms with Crippen molar-refractivity contribution < 1.29 is 48.9 Å². The van der Waals surface area contributed by atoms with Crippen molar-refractivity contribution in [2.24, 2.45) is 11.5 Å². The van der Waals surface area contributed by atoms with Gasteiger partial charge in [-0.2, -0.15) is 0 Å². The van der Waals surface area contributed by atoms with E-state index in [1.54, 1.807) is 42.5 Å². The number of aromatic hydroxyl groups is 1. The van der Waals surface area contributed by atoms with E-state index < -0.39 is 90.3 Å². The van der Waals surface area contributed by atoms with Crippen molar-refractivity contribution in [1.82, 2.24) is 31.9 Å². The summed E-state index contributed by atoms with van der Waals surface area (Å²) in [7, 11) is 0. The Morgan fingerprint density at radius 3 is 1.57 bits per heavy atom. The van der Waals surface area contributed by atoms with Crippen molar-refractivity contribution in [2.75, 3.05) is 13.2 Å². The second kappa shape index (κ2) is 22.5. The normalized spacial score (nSPS) is 14.8. The molecule has 7 atom stereocenters. The van der Waals surface area contributed by atoms with Crippen LogP contribution in [0.3, 0.4) is 0 Å². The number of benzene rings is 2. The second-order valence-corrected chi connectivity index (χ2v) is 12.8. The van der Waals surface area contributed by atoms with E-state index in [1.807, 2.05) is 0 Å². The number of nitrogens with two attached hydrogens (primary N) is 2. The summed E-state index contributed by atoms with van der Waals surface area (Å²) in [6, 6.07) is 6.11. The fraction of sp³-hybridized carbons (Fsp3) is 0.472. The van der Waals surface area contributed by atoms with Gasteiger partial charge in [0.2, 0.25) is 35.4 Å². The molecule has 0 aliphatic heterocycles. The first-order valence-electron chi connectivity index (χ1n) is 17.5. The number of aliphatic carboxylic acids is 1. The molecule has 0 radical (unpaired) electrons. The third-order valence-electron chi connectivity index (χ3n) is 8.28. The average Bonchev–Trinajstić information content (AvgIpc) is 3.13. The predicted molar refractivity (Wildman–Crippen MR) is 196 cm³/mol. The van der Waals surface area contributed by atoms with Crippen LogP contribution >= 0.6 is 0 Å². The van der Waals surface area contributed by atoms with Crippen LogP contribution < -0.4 is 43.4 Å². The molecule has 0 unspecified atom stereocenters. The summed E-state index contributed by atoms with van der Waals surface area (Å²) in [5, 5.41) is 43.5. The summed E-state index contributed by atoms with van der Waals surface area (Å²) >= 11 is 0. The Balaban J connectivity index is 1.96. The quantitative estimate of drug-likeness (QED) is 0.0565. The number of rotatable bonds is 22. The van der Waals surface area contributed by atoms with Crippen LogP contribution in [0, 0.1) is 0 Å². The monoisotopic (exact) mass is 756 g/mol. The molecule has 0 spiro atoms. The van der Waals surface area contributed by atoms with E-state index in [4.69, 9.17) is 11.5 Å². The lowest BCUT2D eigenvalue weighted by atomic mass is 10.0. The van der Waals surface area contributed by atoms with E-state index in [-0.39, 0.29) is 25.0 Å². The summed E-state index contributed by atoms with van der Waals surface area (Å²) in [4.78, 5) is 89.3. The third kappa shape index (κ3) is 15.2. The molecular formula is C36H52N8O10. The molecular weight excluding hydrogens is 704 g/mol. The highest BCUT2D eigenvalue weighted by molar-refractivity contribution is 5.96. The van der Waals surface area contributed by atoms with Gasteiger partial charge in [0.05, 0.1) is 12.6 Å². The zero-order valence-corrected chi connectivity index (χ0v) is 30.5. The lowest BCUT2D eigenvalue weighted by Gasteiger charge is -2.25. The van der Waals surface area contributed by atoms with Gasteiger partial charge in [-0.15, -0.1) is 0 Å². The molecule has 2 aromatic carbocycles. The maximum absolute atomic E-state index is 13.3. The maximum atomic E-state index is 13.3. The Kier molecular flexibility index (Phi) is 18.5. The molecule has 0 aromatic heterocycles. The van der Waals surface area contributed by atoms with Crippen LogP contribution in [0.2, 0.25) is 0 Å². The van der Waals surface area contributed by atoms with Crippen LogP contribution in [0.15, 0.2) is 54.6 Å². The molecule has 0 heterocycles. The number of carbonyl (C=O) groups is 7. The van der Waals surface area contributed by atoms with Crippen molar-refractivity contribution in [2.45, 2.75) is 95.2 Å². The summed E-state index contributed by atoms with van der Waals surface area (Å²) < 4.78 is 0. The van der Waals surface area contributed by atoms with Crippen molar-refractivity contribution >= 4 is 41.4 Å². The highest BCUT2D eigenvalue weighted by atomic mass is 16.4. The van der Waals surface area contributed by atoms with Gasteiger partial charge in [-0.25, -0.2) is 4.79 Å².